The Morgan fingerprint density at radius 3 is 2.48 bits per heavy atom. The van der Waals surface area contributed by atoms with E-state index in [1.165, 1.54) is 12.1 Å². The molecule has 0 aliphatic heterocycles. The average molecular weight is 293 g/mol. The predicted octanol–water partition coefficient (Wildman–Crippen LogP) is 3.46. The van der Waals surface area contributed by atoms with Gasteiger partial charge in [-0.15, -0.1) is 0 Å². The van der Waals surface area contributed by atoms with Crippen molar-refractivity contribution in [3.8, 4) is 0 Å². The van der Waals surface area contributed by atoms with E-state index in [0.717, 1.165) is 31.1 Å². The van der Waals surface area contributed by atoms with Crippen LogP contribution in [0.25, 0.3) is 0 Å². The Balaban J connectivity index is 2.20. The van der Waals surface area contributed by atoms with Gasteiger partial charge < -0.3 is 5.32 Å². The van der Waals surface area contributed by atoms with E-state index in [4.69, 9.17) is 0 Å². The second-order valence-electron chi connectivity index (χ2n) is 5.12. The molecule has 1 unspecified atom stereocenters. The molecule has 1 N–H and O–H groups in total. The van der Waals surface area contributed by atoms with E-state index >= 15 is 0 Å². The molecule has 0 fully saturated rings. The minimum absolute atomic E-state index is 0.121. The fourth-order valence-electron chi connectivity index (χ4n) is 2.32. The van der Waals surface area contributed by atoms with Gasteiger partial charge in [-0.3, -0.25) is 4.68 Å². The van der Waals surface area contributed by atoms with Gasteiger partial charge in [0.2, 0.25) is 0 Å². The van der Waals surface area contributed by atoms with Crippen molar-refractivity contribution in [2.24, 2.45) is 0 Å². The number of nitrogens with one attached hydrogen (secondary N) is 1. The molecule has 2 aromatic rings. The van der Waals surface area contributed by atoms with Gasteiger partial charge >= 0.3 is 0 Å². The molecule has 0 bridgehead atoms. The van der Waals surface area contributed by atoms with E-state index in [2.05, 4.69) is 17.3 Å². The van der Waals surface area contributed by atoms with E-state index in [1.54, 1.807) is 6.20 Å². The minimum atomic E-state index is -0.544. The lowest BCUT2D eigenvalue weighted by molar-refractivity contribution is 0.514. The Labute approximate surface area is 124 Å². The van der Waals surface area contributed by atoms with Crippen molar-refractivity contribution in [3.05, 3.63) is 53.4 Å². The molecule has 0 radical (unpaired) electrons. The first kappa shape index (κ1) is 15.6. The van der Waals surface area contributed by atoms with Crippen molar-refractivity contribution >= 4 is 0 Å². The molecule has 3 nitrogen and oxygen atoms in total. The van der Waals surface area contributed by atoms with Crippen LogP contribution >= 0.6 is 0 Å². The van der Waals surface area contributed by atoms with Crippen molar-refractivity contribution in [1.29, 1.82) is 0 Å². The van der Waals surface area contributed by atoms with Gasteiger partial charge in [-0.25, -0.2) is 8.78 Å². The van der Waals surface area contributed by atoms with E-state index in [9.17, 15) is 8.78 Å². The molecule has 0 spiro atoms. The lowest BCUT2D eigenvalue weighted by Gasteiger charge is -2.18. The van der Waals surface area contributed by atoms with Gasteiger partial charge in [0.15, 0.2) is 0 Å². The van der Waals surface area contributed by atoms with E-state index in [1.807, 2.05) is 17.8 Å². The number of rotatable bonds is 7. The second-order valence-corrected chi connectivity index (χ2v) is 5.12. The highest BCUT2D eigenvalue weighted by atomic mass is 19.1. The normalized spacial score (nSPS) is 12.6. The van der Waals surface area contributed by atoms with Crippen LogP contribution in [0.5, 0.6) is 0 Å². The van der Waals surface area contributed by atoms with Gasteiger partial charge in [0.05, 0.1) is 6.20 Å². The maximum atomic E-state index is 13.4. The molecular weight excluding hydrogens is 272 g/mol. The summed E-state index contributed by atoms with van der Waals surface area (Å²) in [6.45, 7) is 5.68. The van der Waals surface area contributed by atoms with Gasteiger partial charge in [-0.1, -0.05) is 6.92 Å². The van der Waals surface area contributed by atoms with Gasteiger partial charge in [0, 0.05) is 24.8 Å². The first-order valence-corrected chi connectivity index (χ1v) is 7.33. The summed E-state index contributed by atoms with van der Waals surface area (Å²) in [5.41, 5.74) is 1.68. The molecule has 0 aliphatic carbocycles. The molecule has 0 amide bonds. The molecule has 1 aromatic carbocycles. The maximum Gasteiger partial charge on any atom is 0.126 e. The molecule has 0 saturated heterocycles. The van der Waals surface area contributed by atoms with Crippen molar-refractivity contribution in [2.45, 2.75) is 39.3 Å². The molecule has 114 valence electrons. The van der Waals surface area contributed by atoms with Crippen LogP contribution in [0.3, 0.4) is 0 Å². The summed E-state index contributed by atoms with van der Waals surface area (Å²) in [5.74, 6) is -1.09. The summed E-state index contributed by atoms with van der Waals surface area (Å²) < 4.78 is 28.7. The topological polar surface area (TPSA) is 29.9 Å². The molecule has 5 heteroatoms. The number of hydrogen-bond donors (Lipinski definition) is 1. The zero-order valence-electron chi connectivity index (χ0n) is 12.4. The molecule has 1 aromatic heterocycles. The number of nitrogens with zero attached hydrogens (tertiary/aromatic N) is 2. The molecule has 21 heavy (non-hydrogen) atoms. The number of benzene rings is 1. The zero-order chi connectivity index (χ0) is 15.2. The Morgan fingerprint density at radius 2 is 1.90 bits per heavy atom. The van der Waals surface area contributed by atoms with Crippen molar-refractivity contribution in [1.82, 2.24) is 15.1 Å². The van der Waals surface area contributed by atoms with Gasteiger partial charge in [-0.05, 0) is 49.6 Å². The summed E-state index contributed by atoms with van der Waals surface area (Å²) in [6, 6.07) is 3.56. The Hall–Kier alpha value is -1.75. The number of aromatic nitrogens is 2. The predicted molar refractivity (Wildman–Crippen MR) is 79.0 cm³/mol. The van der Waals surface area contributed by atoms with Crippen LogP contribution in [-0.4, -0.2) is 16.3 Å². The SMILES string of the molecule is CCCNC(Cc1cnn(CC)c1)c1cc(F)cc(F)c1. The van der Waals surface area contributed by atoms with Gasteiger partial charge in [-0.2, -0.15) is 5.10 Å². The van der Waals surface area contributed by atoms with Crippen molar-refractivity contribution in [2.75, 3.05) is 6.54 Å². The van der Waals surface area contributed by atoms with Crippen LogP contribution in [-0.2, 0) is 13.0 Å². The molecule has 1 heterocycles. The Bertz CT molecular complexity index is 560. The van der Waals surface area contributed by atoms with Crippen LogP contribution in [0.1, 0.15) is 37.4 Å². The summed E-state index contributed by atoms with van der Waals surface area (Å²) in [5, 5.41) is 7.58. The summed E-state index contributed by atoms with van der Waals surface area (Å²) in [7, 11) is 0. The Kier molecular flexibility index (Phi) is 5.44. The average Bonchev–Trinajstić information content (AvgIpc) is 2.90. The fraction of sp³-hybridized carbons (Fsp3) is 0.438. The standard InChI is InChI=1S/C16H21F2N3/c1-3-5-19-16(6-12-10-20-21(4-2)11-12)13-7-14(17)9-15(18)8-13/h7-11,16,19H,3-6H2,1-2H3. The minimum Gasteiger partial charge on any atom is -0.310 e. The summed E-state index contributed by atoms with van der Waals surface area (Å²) in [4.78, 5) is 0. The largest absolute Gasteiger partial charge is 0.310 e. The molecular formula is C16H21F2N3. The van der Waals surface area contributed by atoms with Crippen LogP contribution in [0.2, 0.25) is 0 Å². The third-order valence-electron chi connectivity index (χ3n) is 3.38. The molecule has 0 saturated carbocycles. The van der Waals surface area contributed by atoms with E-state index < -0.39 is 11.6 Å². The third-order valence-corrected chi connectivity index (χ3v) is 3.38. The van der Waals surface area contributed by atoms with Crippen LogP contribution in [0.4, 0.5) is 8.78 Å². The Morgan fingerprint density at radius 1 is 1.19 bits per heavy atom. The summed E-state index contributed by atoms with van der Waals surface area (Å²) >= 11 is 0. The van der Waals surface area contributed by atoms with E-state index in [0.29, 0.717) is 12.0 Å². The first-order chi connectivity index (χ1) is 10.1. The molecule has 0 aliphatic rings. The van der Waals surface area contributed by atoms with E-state index in [-0.39, 0.29) is 6.04 Å². The molecule has 2 rings (SSSR count). The van der Waals surface area contributed by atoms with Gasteiger partial charge in [0.25, 0.3) is 0 Å². The fourth-order valence-corrected chi connectivity index (χ4v) is 2.32. The highest BCUT2D eigenvalue weighted by Gasteiger charge is 2.15. The second kappa shape index (κ2) is 7.31. The van der Waals surface area contributed by atoms with Crippen LogP contribution in [0.15, 0.2) is 30.6 Å². The maximum absolute atomic E-state index is 13.4. The smallest absolute Gasteiger partial charge is 0.126 e. The summed E-state index contributed by atoms with van der Waals surface area (Å²) in [6.07, 6.45) is 5.39. The highest BCUT2D eigenvalue weighted by Crippen LogP contribution is 2.20. The highest BCUT2D eigenvalue weighted by molar-refractivity contribution is 5.23. The zero-order valence-corrected chi connectivity index (χ0v) is 12.4. The van der Waals surface area contributed by atoms with Crippen LogP contribution < -0.4 is 5.32 Å². The lowest BCUT2D eigenvalue weighted by Crippen LogP contribution is -2.24. The molecule has 1 atom stereocenters. The number of aryl methyl sites for hydroxylation is 1. The van der Waals surface area contributed by atoms with Crippen molar-refractivity contribution in [3.63, 3.8) is 0 Å². The lowest BCUT2D eigenvalue weighted by atomic mass is 10.00. The number of hydrogen-bond acceptors (Lipinski definition) is 2. The first-order valence-electron chi connectivity index (χ1n) is 7.33. The monoisotopic (exact) mass is 293 g/mol. The number of halogens is 2. The third kappa shape index (κ3) is 4.36. The van der Waals surface area contributed by atoms with Gasteiger partial charge in [0.1, 0.15) is 11.6 Å². The van der Waals surface area contributed by atoms with Crippen molar-refractivity contribution < 1.29 is 8.78 Å². The quantitative estimate of drug-likeness (QED) is 0.847. The van der Waals surface area contributed by atoms with Crippen LogP contribution in [0, 0.1) is 11.6 Å².